The van der Waals surface area contributed by atoms with E-state index in [9.17, 15) is 4.79 Å². The second kappa shape index (κ2) is 6.45. The summed E-state index contributed by atoms with van der Waals surface area (Å²) in [6, 6.07) is 10.3. The van der Waals surface area contributed by atoms with Crippen molar-refractivity contribution in [3.05, 3.63) is 52.7 Å². The Morgan fingerprint density at radius 2 is 2.00 bits per heavy atom. The van der Waals surface area contributed by atoms with E-state index >= 15 is 0 Å². The maximum Gasteiger partial charge on any atom is 0.275 e. The van der Waals surface area contributed by atoms with Crippen molar-refractivity contribution >= 4 is 32.5 Å². The second-order valence-corrected chi connectivity index (χ2v) is 7.76. The third kappa shape index (κ3) is 2.71. The summed E-state index contributed by atoms with van der Waals surface area (Å²) < 4.78 is 3.82. The molecule has 0 amide bonds. The highest BCUT2D eigenvalue weighted by Gasteiger charge is 2.26. The van der Waals surface area contributed by atoms with Crippen molar-refractivity contribution in [2.75, 3.05) is 18.0 Å². The average Bonchev–Trinajstić information content (AvgIpc) is 3.30. The van der Waals surface area contributed by atoms with Gasteiger partial charge in [0.15, 0.2) is 0 Å². The van der Waals surface area contributed by atoms with Gasteiger partial charge in [0.1, 0.15) is 5.82 Å². The molecule has 1 aliphatic heterocycles. The van der Waals surface area contributed by atoms with Gasteiger partial charge in [-0.2, -0.15) is 4.52 Å². The van der Waals surface area contributed by atoms with Crippen LogP contribution in [-0.4, -0.2) is 37.2 Å². The maximum atomic E-state index is 11.9. The minimum atomic E-state index is -0.130. The van der Waals surface area contributed by atoms with Crippen LogP contribution in [0.25, 0.3) is 16.0 Å². The highest BCUT2D eigenvalue weighted by atomic mass is 32.1. The predicted molar refractivity (Wildman–Crippen MR) is 107 cm³/mol. The van der Waals surface area contributed by atoms with Crippen LogP contribution in [0.15, 0.2) is 41.3 Å². The smallest absolute Gasteiger partial charge is 0.275 e. The van der Waals surface area contributed by atoms with Crippen molar-refractivity contribution in [3.63, 3.8) is 0 Å². The van der Waals surface area contributed by atoms with Crippen LogP contribution in [-0.2, 0) is 6.42 Å². The number of piperidine rings is 1. The van der Waals surface area contributed by atoms with Crippen molar-refractivity contribution in [2.24, 2.45) is 0 Å². The number of imidazole rings is 1. The molecule has 8 heteroatoms. The van der Waals surface area contributed by atoms with E-state index < -0.39 is 0 Å². The fourth-order valence-corrected chi connectivity index (χ4v) is 4.86. The third-order valence-electron chi connectivity index (χ3n) is 5.25. The molecule has 1 aliphatic rings. The van der Waals surface area contributed by atoms with Crippen molar-refractivity contribution in [1.82, 2.24) is 24.1 Å². The number of fused-ring (bicyclic) bond motifs is 2. The summed E-state index contributed by atoms with van der Waals surface area (Å²) in [5.74, 6) is 1.16. The fraction of sp³-hybridized carbons (Fsp3) is 0.368. The molecule has 7 nitrogen and oxygen atoms in total. The lowest BCUT2D eigenvalue weighted by molar-refractivity contribution is 0.394. The van der Waals surface area contributed by atoms with E-state index in [0.717, 1.165) is 48.8 Å². The lowest BCUT2D eigenvalue weighted by Gasteiger charge is -2.33. The molecule has 0 N–H and O–H groups in total. The van der Waals surface area contributed by atoms with E-state index in [2.05, 4.69) is 44.7 Å². The Hall–Kier alpha value is -2.74. The molecule has 0 atom stereocenters. The number of nitrogens with zero attached hydrogens (tertiary/aromatic N) is 6. The highest BCUT2D eigenvalue weighted by molar-refractivity contribution is 7.20. The van der Waals surface area contributed by atoms with Gasteiger partial charge in [0.05, 0.1) is 11.0 Å². The van der Waals surface area contributed by atoms with Crippen LogP contribution >= 0.6 is 11.3 Å². The minimum absolute atomic E-state index is 0.130. The van der Waals surface area contributed by atoms with E-state index in [-0.39, 0.29) is 5.56 Å². The Morgan fingerprint density at radius 3 is 2.78 bits per heavy atom. The van der Waals surface area contributed by atoms with E-state index in [1.165, 1.54) is 27.4 Å². The first-order chi connectivity index (χ1) is 13.2. The summed E-state index contributed by atoms with van der Waals surface area (Å²) in [7, 11) is 0. The van der Waals surface area contributed by atoms with Gasteiger partial charge < -0.3 is 9.47 Å². The van der Waals surface area contributed by atoms with E-state index in [1.54, 1.807) is 6.20 Å². The first kappa shape index (κ1) is 16.4. The number of aromatic nitrogens is 5. The Balaban J connectivity index is 1.41. The van der Waals surface area contributed by atoms with Crippen molar-refractivity contribution in [2.45, 2.75) is 32.2 Å². The Kier molecular flexibility index (Phi) is 3.93. The molecular weight excluding hydrogens is 360 g/mol. The number of hydrogen-bond acceptors (Lipinski definition) is 6. The van der Waals surface area contributed by atoms with Gasteiger partial charge in [0.2, 0.25) is 10.1 Å². The van der Waals surface area contributed by atoms with Crippen molar-refractivity contribution < 1.29 is 0 Å². The summed E-state index contributed by atoms with van der Waals surface area (Å²) in [6.45, 7) is 3.99. The molecule has 0 spiro atoms. The minimum Gasteiger partial charge on any atom is -0.347 e. The summed E-state index contributed by atoms with van der Waals surface area (Å²) in [5.41, 5.74) is 2.17. The zero-order chi connectivity index (χ0) is 18.4. The molecule has 1 saturated heterocycles. The molecule has 1 aromatic carbocycles. The van der Waals surface area contributed by atoms with Gasteiger partial charge in [0, 0.05) is 37.8 Å². The van der Waals surface area contributed by atoms with Gasteiger partial charge in [-0.25, -0.2) is 9.97 Å². The Labute approximate surface area is 159 Å². The van der Waals surface area contributed by atoms with Gasteiger partial charge in [-0.05, 0) is 25.0 Å². The topological polar surface area (TPSA) is 68.3 Å². The molecule has 1 fully saturated rings. The van der Waals surface area contributed by atoms with Crippen LogP contribution in [0.5, 0.6) is 0 Å². The van der Waals surface area contributed by atoms with Crippen LogP contribution < -0.4 is 10.5 Å². The largest absolute Gasteiger partial charge is 0.347 e. The molecule has 3 aromatic heterocycles. The van der Waals surface area contributed by atoms with E-state index in [1.807, 2.05) is 6.07 Å². The highest BCUT2D eigenvalue weighted by Crippen LogP contribution is 2.32. The molecule has 138 valence electrons. The van der Waals surface area contributed by atoms with E-state index in [0.29, 0.717) is 11.0 Å². The lowest BCUT2D eigenvalue weighted by atomic mass is 10.0. The molecule has 0 saturated carbocycles. The summed E-state index contributed by atoms with van der Waals surface area (Å²) in [4.78, 5) is 23.9. The van der Waals surface area contributed by atoms with Gasteiger partial charge >= 0.3 is 0 Å². The van der Waals surface area contributed by atoms with Gasteiger partial charge in [0.25, 0.3) is 5.56 Å². The lowest BCUT2D eigenvalue weighted by Crippen LogP contribution is -2.35. The van der Waals surface area contributed by atoms with Crippen molar-refractivity contribution in [1.29, 1.82) is 0 Å². The molecule has 27 heavy (non-hydrogen) atoms. The number of benzene rings is 1. The number of aryl methyl sites for hydroxylation is 1. The normalized spacial score (nSPS) is 15.8. The summed E-state index contributed by atoms with van der Waals surface area (Å²) >= 11 is 1.47. The number of rotatable bonds is 3. The molecule has 4 heterocycles. The second-order valence-electron chi connectivity index (χ2n) is 6.82. The summed E-state index contributed by atoms with van der Waals surface area (Å²) in [5, 5.41) is 5.35. The van der Waals surface area contributed by atoms with Crippen molar-refractivity contribution in [3.8, 4) is 0 Å². The predicted octanol–water partition coefficient (Wildman–Crippen LogP) is 2.90. The molecule has 0 unspecified atom stereocenters. The maximum absolute atomic E-state index is 11.9. The van der Waals surface area contributed by atoms with Crippen LogP contribution in [0.2, 0.25) is 0 Å². The molecule has 4 aromatic rings. The van der Waals surface area contributed by atoms with Gasteiger partial charge in [-0.3, -0.25) is 4.79 Å². The number of hydrogen-bond donors (Lipinski definition) is 0. The standard InChI is InChI=1S/C19H20N6OS/c1-2-16-21-14-5-3-4-6-15(14)24(16)13-8-11-23(12-9-13)19-22-25-17(26)7-10-20-18(25)27-19/h3-7,10,13H,2,8-9,11-12H2,1H3. The van der Waals surface area contributed by atoms with Crippen LogP contribution in [0.1, 0.15) is 31.6 Å². The van der Waals surface area contributed by atoms with Crippen LogP contribution in [0, 0.1) is 0 Å². The molecule has 5 rings (SSSR count). The first-order valence-electron chi connectivity index (χ1n) is 9.30. The van der Waals surface area contributed by atoms with Gasteiger partial charge in [-0.15, -0.1) is 5.10 Å². The van der Waals surface area contributed by atoms with Gasteiger partial charge in [-0.1, -0.05) is 30.4 Å². The molecule has 0 bridgehead atoms. The Bertz CT molecular complexity index is 1170. The number of para-hydroxylation sites is 2. The third-order valence-corrected chi connectivity index (χ3v) is 6.23. The molecule has 0 radical (unpaired) electrons. The zero-order valence-corrected chi connectivity index (χ0v) is 15.9. The van der Waals surface area contributed by atoms with Crippen LogP contribution in [0.3, 0.4) is 0 Å². The first-order valence-corrected chi connectivity index (χ1v) is 10.1. The zero-order valence-electron chi connectivity index (χ0n) is 15.1. The Morgan fingerprint density at radius 1 is 1.19 bits per heavy atom. The fourth-order valence-electron chi connectivity index (χ4n) is 3.93. The number of anilines is 1. The van der Waals surface area contributed by atoms with E-state index in [4.69, 9.17) is 4.98 Å². The molecule has 0 aliphatic carbocycles. The van der Waals surface area contributed by atoms with Crippen LogP contribution in [0.4, 0.5) is 5.13 Å². The quantitative estimate of drug-likeness (QED) is 0.547. The monoisotopic (exact) mass is 380 g/mol. The SMILES string of the molecule is CCc1nc2ccccc2n1C1CCN(c2nn3c(=O)ccnc3s2)CC1. The summed E-state index contributed by atoms with van der Waals surface area (Å²) in [6.07, 6.45) is 4.54. The average molecular weight is 380 g/mol. The molecular formula is C19H20N6OS.